The van der Waals surface area contributed by atoms with E-state index >= 15 is 0 Å². The fraction of sp³-hybridized carbons (Fsp3) is 0.909. The van der Waals surface area contributed by atoms with Gasteiger partial charge in [0.05, 0.1) is 13.2 Å². The number of ether oxygens (including phenoxy) is 2. The summed E-state index contributed by atoms with van der Waals surface area (Å²) < 4.78 is 11.0. The molecule has 0 saturated carbocycles. The van der Waals surface area contributed by atoms with Gasteiger partial charge in [-0.15, -0.1) is 0 Å². The van der Waals surface area contributed by atoms with Crippen molar-refractivity contribution < 1.29 is 24.8 Å². The molecule has 0 aromatic carbocycles. The molecule has 0 amide bonds. The molecule has 0 radical (unpaired) electrons. The lowest BCUT2D eigenvalue weighted by Gasteiger charge is -2.37. The van der Waals surface area contributed by atoms with Gasteiger partial charge in [-0.1, -0.05) is 70.4 Å². The van der Waals surface area contributed by atoms with Gasteiger partial charge >= 0.3 is 0 Å². The van der Waals surface area contributed by atoms with Crippen molar-refractivity contribution in [3.05, 3.63) is 12.2 Å². The van der Waals surface area contributed by atoms with Gasteiger partial charge in [0.1, 0.15) is 24.4 Å². The minimum Gasteiger partial charge on any atom is -0.394 e. The highest BCUT2D eigenvalue weighted by Crippen LogP contribution is 2.19. The lowest BCUT2D eigenvalue weighted by Crippen LogP contribution is -2.55. The molecule has 0 bridgehead atoms. The molecule has 1 heterocycles. The highest BCUT2D eigenvalue weighted by atomic mass is 16.6. The fourth-order valence-corrected chi connectivity index (χ4v) is 3.44. The van der Waals surface area contributed by atoms with E-state index in [2.05, 4.69) is 19.1 Å². The third-order valence-corrected chi connectivity index (χ3v) is 5.21. The number of hydrogen-bond donors (Lipinski definition) is 3. The third kappa shape index (κ3) is 11.2. The average molecular weight is 387 g/mol. The normalized spacial score (nSPS) is 26.1. The van der Waals surface area contributed by atoms with Crippen LogP contribution in [0.3, 0.4) is 0 Å². The molecule has 3 N–H and O–H groups in total. The predicted molar refractivity (Wildman–Crippen MR) is 109 cm³/mol. The second-order valence-electron chi connectivity index (χ2n) is 7.68. The van der Waals surface area contributed by atoms with Gasteiger partial charge in [-0.2, -0.15) is 0 Å². The van der Waals surface area contributed by atoms with Crippen LogP contribution in [0, 0.1) is 0 Å². The quantitative estimate of drug-likeness (QED) is 0.278. The van der Waals surface area contributed by atoms with Crippen LogP contribution in [0.2, 0.25) is 0 Å². The van der Waals surface area contributed by atoms with E-state index in [1.54, 1.807) is 0 Å². The summed E-state index contributed by atoms with van der Waals surface area (Å²) in [5.41, 5.74) is 0. The first-order chi connectivity index (χ1) is 13.2. The minimum absolute atomic E-state index is 0.0435. The van der Waals surface area contributed by atoms with Gasteiger partial charge in [-0.25, -0.2) is 0 Å². The van der Waals surface area contributed by atoms with E-state index in [-0.39, 0.29) is 13.2 Å². The highest BCUT2D eigenvalue weighted by molar-refractivity contribution is 4.87. The molecule has 27 heavy (non-hydrogen) atoms. The molecule has 1 saturated heterocycles. The summed E-state index contributed by atoms with van der Waals surface area (Å²) in [6.45, 7) is 2.58. The van der Waals surface area contributed by atoms with Crippen LogP contribution in [0.1, 0.15) is 84.0 Å². The molecule has 0 aliphatic carbocycles. The minimum atomic E-state index is -0.988. The molecule has 160 valence electrons. The second-order valence-corrected chi connectivity index (χ2v) is 7.68. The molecule has 1 aliphatic heterocycles. The predicted octanol–water partition coefficient (Wildman–Crippen LogP) is 3.74. The molecule has 0 unspecified atom stereocenters. The van der Waals surface area contributed by atoms with E-state index in [4.69, 9.17) is 9.47 Å². The summed E-state index contributed by atoms with van der Waals surface area (Å²) in [5, 5.41) is 28.9. The van der Waals surface area contributed by atoms with Crippen molar-refractivity contribution in [2.75, 3.05) is 19.8 Å². The Morgan fingerprint density at radius 3 is 2.11 bits per heavy atom. The summed E-state index contributed by atoms with van der Waals surface area (Å²) in [6.07, 6.45) is 16.3. The van der Waals surface area contributed by atoms with Crippen LogP contribution in [-0.4, -0.2) is 59.6 Å². The molecule has 5 nitrogen and oxygen atoms in total. The molecule has 5 heteroatoms. The topological polar surface area (TPSA) is 79.2 Å². The summed E-state index contributed by atoms with van der Waals surface area (Å²) in [4.78, 5) is 0. The molecule has 1 rings (SSSR count). The monoisotopic (exact) mass is 386 g/mol. The molecule has 0 spiro atoms. The van der Waals surface area contributed by atoms with Gasteiger partial charge in [0.15, 0.2) is 0 Å². The van der Waals surface area contributed by atoms with Gasteiger partial charge in [0.25, 0.3) is 0 Å². The van der Waals surface area contributed by atoms with Gasteiger partial charge < -0.3 is 24.8 Å². The fourth-order valence-electron chi connectivity index (χ4n) is 3.44. The van der Waals surface area contributed by atoms with Gasteiger partial charge in [-0.3, -0.25) is 0 Å². The third-order valence-electron chi connectivity index (χ3n) is 5.21. The van der Waals surface area contributed by atoms with E-state index in [1.165, 1.54) is 64.2 Å². The van der Waals surface area contributed by atoms with Crippen molar-refractivity contribution in [1.82, 2.24) is 0 Å². The lowest BCUT2D eigenvalue weighted by atomic mass is 10.0. The van der Waals surface area contributed by atoms with Gasteiger partial charge in [0.2, 0.25) is 0 Å². The van der Waals surface area contributed by atoms with E-state index in [0.29, 0.717) is 6.61 Å². The standard InChI is InChI=1S/C22H42O5/c1-2-3-4-5-6-7-8-9-10-11-12-13-14-15-16-26-22-20(17-23)27-18-19(24)21(22)25/h4-5,19-25H,2-3,6-18H2,1H3/b5-4+/t19-,20+,21+,22+/m0/s1. The van der Waals surface area contributed by atoms with Crippen molar-refractivity contribution in [3.8, 4) is 0 Å². The molecule has 1 fully saturated rings. The van der Waals surface area contributed by atoms with E-state index in [9.17, 15) is 15.3 Å². The Morgan fingerprint density at radius 1 is 0.889 bits per heavy atom. The number of unbranched alkanes of at least 4 members (excludes halogenated alkanes) is 10. The Kier molecular flexibility index (Phi) is 15.0. The first kappa shape index (κ1) is 24.6. The molecule has 4 atom stereocenters. The molecule has 1 aliphatic rings. The Labute approximate surface area is 165 Å². The van der Waals surface area contributed by atoms with Crippen LogP contribution < -0.4 is 0 Å². The molecular formula is C22H42O5. The zero-order valence-corrected chi connectivity index (χ0v) is 17.2. The maximum absolute atomic E-state index is 9.98. The van der Waals surface area contributed by atoms with E-state index in [0.717, 1.165) is 12.8 Å². The van der Waals surface area contributed by atoms with Crippen molar-refractivity contribution in [3.63, 3.8) is 0 Å². The van der Waals surface area contributed by atoms with E-state index < -0.39 is 24.4 Å². The zero-order valence-electron chi connectivity index (χ0n) is 17.2. The van der Waals surface area contributed by atoms with Crippen LogP contribution in [0.4, 0.5) is 0 Å². The largest absolute Gasteiger partial charge is 0.394 e. The molecular weight excluding hydrogens is 344 g/mol. The van der Waals surface area contributed by atoms with Gasteiger partial charge in [0, 0.05) is 6.61 Å². The average Bonchev–Trinajstić information content (AvgIpc) is 2.68. The lowest BCUT2D eigenvalue weighted by molar-refractivity contribution is -0.211. The number of rotatable bonds is 16. The second kappa shape index (κ2) is 16.5. The molecule has 0 aromatic heterocycles. The van der Waals surface area contributed by atoms with Crippen LogP contribution >= 0.6 is 0 Å². The number of hydrogen-bond acceptors (Lipinski definition) is 5. The maximum Gasteiger partial charge on any atom is 0.114 e. The van der Waals surface area contributed by atoms with Gasteiger partial charge in [-0.05, 0) is 25.7 Å². The Hall–Kier alpha value is -0.460. The first-order valence-corrected chi connectivity index (χ1v) is 11.1. The summed E-state index contributed by atoms with van der Waals surface area (Å²) in [7, 11) is 0. The Balaban J connectivity index is 1.90. The zero-order chi connectivity index (χ0) is 19.7. The van der Waals surface area contributed by atoms with Crippen molar-refractivity contribution >= 4 is 0 Å². The Bertz CT molecular complexity index is 359. The highest BCUT2D eigenvalue weighted by Gasteiger charge is 2.39. The van der Waals surface area contributed by atoms with Crippen LogP contribution in [0.5, 0.6) is 0 Å². The van der Waals surface area contributed by atoms with Crippen LogP contribution in [-0.2, 0) is 9.47 Å². The Morgan fingerprint density at radius 2 is 1.48 bits per heavy atom. The number of aliphatic hydroxyl groups excluding tert-OH is 3. The van der Waals surface area contributed by atoms with E-state index in [1.807, 2.05) is 0 Å². The summed E-state index contributed by atoms with van der Waals surface area (Å²) in [5.74, 6) is 0. The van der Waals surface area contributed by atoms with Crippen LogP contribution in [0.25, 0.3) is 0 Å². The first-order valence-electron chi connectivity index (χ1n) is 11.1. The summed E-state index contributed by atoms with van der Waals surface area (Å²) >= 11 is 0. The van der Waals surface area contributed by atoms with Crippen molar-refractivity contribution in [1.29, 1.82) is 0 Å². The van der Waals surface area contributed by atoms with Crippen LogP contribution in [0.15, 0.2) is 12.2 Å². The number of allylic oxidation sites excluding steroid dienone is 2. The smallest absolute Gasteiger partial charge is 0.114 e. The maximum atomic E-state index is 9.98. The number of aliphatic hydroxyl groups is 3. The SMILES string of the molecule is CCC/C=C/CCCCCCCCCCCO[C@H]1[C@H](O)[C@@H](O)CO[C@@H]1CO. The van der Waals surface area contributed by atoms with Crippen molar-refractivity contribution in [2.45, 2.75) is 108 Å². The molecule has 0 aromatic rings. The summed E-state index contributed by atoms with van der Waals surface area (Å²) in [6, 6.07) is 0. The van der Waals surface area contributed by atoms with Crippen molar-refractivity contribution in [2.24, 2.45) is 0 Å².